The standard InChI is InChI=1S/C26H20O6/c1-3-29-18-9-11-21-20(13-18)15(2)25(32-21)26(28)30-14-17-12-23(27)31-22-10-8-16-6-4-5-7-19(16)24(17)22/h4-13H,3,14H2,1-2H3. The first-order valence-corrected chi connectivity index (χ1v) is 10.3. The van der Waals surface area contributed by atoms with Crippen LogP contribution in [0.1, 0.15) is 28.6 Å². The van der Waals surface area contributed by atoms with Crippen LogP contribution in [0.2, 0.25) is 0 Å². The van der Waals surface area contributed by atoms with Crippen molar-refractivity contribution >= 4 is 38.7 Å². The van der Waals surface area contributed by atoms with Crippen LogP contribution in [0, 0.1) is 6.92 Å². The average molecular weight is 428 g/mol. The van der Waals surface area contributed by atoms with Crippen molar-refractivity contribution in [2.24, 2.45) is 0 Å². The van der Waals surface area contributed by atoms with Crippen LogP contribution >= 0.6 is 0 Å². The van der Waals surface area contributed by atoms with Crippen molar-refractivity contribution in [3.05, 3.63) is 88.0 Å². The van der Waals surface area contributed by atoms with Gasteiger partial charge in [-0.2, -0.15) is 0 Å². The first kappa shape index (κ1) is 19.9. The summed E-state index contributed by atoms with van der Waals surface area (Å²) in [6, 6.07) is 18.2. The third-order valence-electron chi connectivity index (χ3n) is 5.48. The first-order chi connectivity index (χ1) is 15.5. The zero-order valence-electron chi connectivity index (χ0n) is 17.6. The molecule has 32 heavy (non-hydrogen) atoms. The second-order valence-corrected chi connectivity index (χ2v) is 7.47. The van der Waals surface area contributed by atoms with Crippen molar-refractivity contribution in [3.63, 3.8) is 0 Å². The topological polar surface area (TPSA) is 78.9 Å². The molecule has 2 heterocycles. The first-order valence-electron chi connectivity index (χ1n) is 10.3. The maximum absolute atomic E-state index is 12.9. The van der Waals surface area contributed by atoms with Crippen LogP contribution in [0.5, 0.6) is 5.75 Å². The third-order valence-corrected chi connectivity index (χ3v) is 5.48. The number of fused-ring (bicyclic) bond motifs is 4. The lowest BCUT2D eigenvalue weighted by Crippen LogP contribution is -2.08. The van der Waals surface area contributed by atoms with Crippen molar-refractivity contribution in [1.82, 2.24) is 0 Å². The smallest absolute Gasteiger partial charge is 0.374 e. The van der Waals surface area contributed by atoms with E-state index in [1.165, 1.54) is 6.07 Å². The highest BCUT2D eigenvalue weighted by atomic mass is 16.5. The molecule has 0 aliphatic carbocycles. The second kappa shape index (κ2) is 7.89. The van der Waals surface area contributed by atoms with Crippen molar-refractivity contribution < 1.29 is 23.1 Å². The molecule has 0 fully saturated rings. The molecule has 0 amide bonds. The van der Waals surface area contributed by atoms with E-state index in [0.29, 0.717) is 34.6 Å². The number of hydrogen-bond donors (Lipinski definition) is 0. The normalized spacial score (nSPS) is 11.3. The third kappa shape index (κ3) is 3.39. The molecule has 3 aromatic carbocycles. The van der Waals surface area contributed by atoms with Gasteiger partial charge in [-0.25, -0.2) is 9.59 Å². The van der Waals surface area contributed by atoms with Gasteiger partial charge in [0.1, 0.15) is 23.5 Å². The van der Waals surface area contributed by atoms with Gasteiger partial charge in [0.25, 0.3) is 0 Å². The van der Waals surface area contributed by atoms with Crippen molar-refractivity contribution in [1.29, 1.82) is 0 Å². The minimum Gasteiger partial charge on any atom is -0.494 e. The van der Waals surface area contributed by atoms with Gasteiger partial charge < -0.3 is 18.3 Å². The van der Waals surface area contributed by atoms with E-state index < -0.39 is 11.6 Å². The van der Waals surface area contributed by atoms with E-state index >= 15 is 0 Å². The minimum atomic E-state index is -0.599. The maximum Gasteiger partial charge on any atom is 0.374 e. The van der Waals surface area contributed by atoms with E-state index in [0.717, 1.165) is 21.5 Å². The summed E-state index contributed by atoms with van der Waals surface area (Å²) in [5.74, 6) is 0.238. The fourth-order valence-corrected chi connectivity index (χ4v) is 3.99. The SMILES string of the molecule is CCOc1ccc2oc(C(=O)OCc3cc(=O)oc4ccc5ccccc5c34)c(C)c2c1. The fraction of sp³-hybridized carbons (Fsp3) is 0.154. The Morgan fingerprint density at radius 1 is 0.938 bits per heavy atom. The number of carbonyl (C=O) groups excluding carboxylic acids is 1. The molecule has 6 heteroatoms. The van der Waals surface area contributed by atoms with E-state index in [9.17, 15) is 9.59 Å². The van der Waals surface area contributed by atoms with Gasteiger partial charge in [-0.3, -0.25) is 0 Å². The molecule has 0 aliphatic heterocycles. The van der Waals surface area contributed by atoms with E-state index in [4.69, 9.17) is 18.3 Å². The summed E-state index contributed by atoms with van der Waals surface area (Å²) in [6.45, 7) is 4.17. The Kier molecular flexibility index (Phi) is 4.90. The molecule has 160 valence electrons. The number of carbonyl (C=O) groups is 1. The van der Waals surface area contributed by atoms with Crippen LogP contribution in [0.4, 0.5) is 0 Å². The van der Waals surface area contributed by atoms with Crippen LogP contribution < -0.4 is 10.4 Å². The molecule has 5 aromatic rings. The van der Waals surface area contributed by atoms with E-state index in [1.807, 2.05) is 43.3 Å². The summed E-state index contributed by atoms with van der Waals surface area (Å²) in [5, 5.41) is 3.46. The van der Waals surface area contributed by atoms with Crippen LogP contribution in [0.15, 0.2) is 74.3 Å². The Hall–Kier alpha value is -4.06. The molecule has 0 aliphatic rings. The molecule has 0 saturated heterocycles. The number of hydrogen-bond acceptors (Lipinski definition) is 6. The van der Waals surface area contributed by atoms with Crippen molar-refractivity contribution in [3.8, 4) is 5.75 Å². The van der Waals surface area contributed by atoms with Gasteiger partial charge in [0, 0.05) is 28.0 Å². The predicted molar refractivity (Wildman–Crippen MR) is 121 cm³/mol. The molecule has 0 saturated carbocycles. The van der Waals surface area contributed by atoms with Crippen molar-refractivity contribution in [2.45, 2.75) is 20.5 Å². The highest BCUT2D eigenvalue weighted by molar-refractivity contribution is 6.07. The van der Waals surface area contributed by atoms with E-state index in [1.54, 1.807) is 25.1 Å². The molecule has 2 aromatic heterocycles. The molecular weight excluding hydrogens is 408 g/mol. The number of furan rings is 1. The Bertz CT molecular complexity index is 1540. The highest BCUT2D eigenvalue weighted by Crippen LogP contribution is 2.31. The molecular formula is C26H20O6. The summed E-state index contributed by atoms with van der Waals surface area (Å²) in [5.41, 5.74) is 1.78. The summed E-state index contributed by atoms with van der Waals surface area (Å²) in [4.78, 5) is 24.9. The summed E-state index contributed by atoms with van der Waals surface area (Å²) in [7, 11) is 0. The van der Waals surface area contributed by atoms with Crippen molar-refractivity contribution in [2.75, 3.05) is 6.61 Å². The number of aryl methyl sites for hydroxylation is 1. The van der Waals surface area contributed by atoms with Crippen LogP contribution in [0.25, 0.3) is 32.7 Å². The number of rotatable bonds is 5. The molecule has 0 radical (unpaired) electrons. The highest BCUT2D eigenvalue weighted by Gasteiger charge is 2.20. The molecule has 6 nitrogen and oxygen atoms in total. The second-order valence-electron chi connectivity index (χ2n) is 7.47. The van der Waals surface area contributed by atoms with Gasteiger partial charge in [0.2, 0.25) is 5.76 Å². The largest absolute Gasteiger partial charge is 0.494 e. The molecule has 5 rings (SSSR count). The van der Waals surface area contributed by atoms with E-state index in [2.05, 4.69) is 0 Å². The maximum atomic E-state index is 12.9. The van der Waals surface area contributed by atoms with Gasteiger partial charge in [-0.05, 0) is 48.9 Å². The fourth-order valence-electron chi connectivity index (χ4n) is 3.99. The monoisotopic (exact) mass is 428 g/mol. The molecule has 0 atom stereocenters. The lowest BCUT2D eigenvalue weighted by Gasteiger charge is -2.09. The zero-order chi connectivity index (χ0) is 22.2. The minimum absolute atomic E-state index is 0.0877. The van der Waals surface area contributed by atoms with Gasteiger partial charge in [-0.1, -0.05) is 30.3 Å². The Morgan fingerprint density at radius 2 is 1.75 bits per heavy atom. The molecule has 0 spiro atoms. The van der Waals surface area contributed by atoms with Crippen LogP contribution in [-0.4, -0.2) is 12.6 Å². The van der Waals surface area contributed by atoms with Gasteiger partial charge in [-0.15, -0.1) is 0 Å². The quantitative estimate of drug-likeness (QED) is 0.201. The number of ether oxygens (including phenoxy) is 2. The molecule has 0 unspecified atom stereocenters. The molecule has 0 N–H and O–H groups in total. The van der Waals surface area contributed by atoms with Crippen LogP contribution in [0.3, 0.4) is 0 Å². The van der Waals surface area contributed by atoms with Gasteiger partial charge >= 0.3 is 11.6 Å². The summed E-state index contributed by atoms with van der Waals surface area (Å²) in [6.07, 6.45) is 0. The Morgan fingerprint density at radius 3 is 2.59 bits per heavy atom. The zero-order valence-corrected chi connectivity index (χ0v) is 17.6. The average Bonchev–Trinajstić information content (AvgIpc) is 3.13. The number of esters is 1. The van der Waals surface area contributed by atoms with Gasteiger partial charge in [0.05, 0.1) is 6.61 Å². The lowest BCUT2D eigenvalue weighted by atomic mass is 10.0. The van der Waals surface area contributed by atoms with Crippen LogP contribution in [-0.2, 0) is 11.3 Å². The Labute approximate surface area is 183 Å². The number of benzene rings is 3. The van der Waals surface area contributed by atoms with Gasteiger partial charge in [0.15, 0.2) is 0 Å². The predicted octanol–water partition coefficient (Wildman–Crippen LogP) is 5.76. The summed E-state index contributed by atoms with van der Waals surface area (Å²) >= 11 is 0. The summed E-state index contributed by atoms with van der Waals surface area (Å²) < 4.78 is 22.2. The lowest BCUT2D eigenvalue weighted by molar-refractivity contribution is 0.0438. The molecule has 0 bridgehead atoms. The van der Waals surface area contributed by atoms with E-state index in [-0.39, 0.29) is 12.4 Å². The Balaban J connectivity index is 1.50.